The number of rotatable bonds is 5. The lowest BCUT2D eigenvalue weighted by molar-refractivity contribution is 0.583. The van der Waals surface area contributed by atoms with E-state index in [9.17, 15) is 13.2 Å². The topological polar surface area (TPSA) is 68.2 Å². The van der Waals surface area contributed by atoms with Gasteiger partial charge in [-0.2, -0.15) is 0 Å². The SMILES string of the molecule is CCc1ccc(S(=O)(=O)NCc2cccn(C)c2=O)s1. The van der Waals surface area contributed by atoms with E-state index in [1.165, 1.54) is 15.9 Å². The molecule has 1 N–H and O–H groups in total. The number of thiophene rings is 1. The highest BCUT2D eigenvalue weighted by molar-refractivity contribution is 7.91. The van der Waals surface area contributed by atoms with Gasteiger partial charge in [0.05, 0.1) is 0 Å². The molecular formula is C13H16N2O3S2. The first-order chi connectivity index (χ1) is 9.44. The summed E-state index contributed by atoms with van der Waals surface area (Å²) in [5, 5.41) is 0. The molecule has 0 bridgehead atoms. The van der Waals surface area contributed by atoms with Crippen LogP contribution in [0, 0.1) is 0 Å². The van der Waals surface area contributed by atoms with Gasteiger partial charge in [0.25, 0.3) is 5.56 Å². The Bertz CT molecular complexity index is 760. The number of nitrogens with zero attached hydrogens (tertiary/aromatic N) is 1. The largest absolute Gasteiger partial charge is 0.318 e. The summed E-state index contributed by atoms with van der Waals surface area (Å²) in [6, 6.07) is 6.73. The molecule has 2 aromatic heterocycles. The van der Waals surface area contributed by atoms with Crippen LogP contribution in [0.4, 0.5) is 0 Å². The number of sulfonamides is 1. The summed E-state index contributed by atoms with van der Waals surface area (Å²) in [5.74, 6) is 0. The Labute approximate surface area is 121 Å². The van der Waals surface area contributed by atoms with Crippen molar-refractivity contribution >= 4 is 21.4 Å². The molecule has 0 saturated carbocycles. The molecule has 7 heteroatoms. The van der Waals surface area contributed by atoms with Crippen molar-refractivity contribution in [2.24, 2.45) is 7.05 Å². The van der Waals surface area contributed by atoms with Gasteiger partial charge in [0.1, 0.15) is 4.21 Å². The minimum Gasteiger partial charge on any atom is -0.318 e. The second-order valence-electron chi connectivity index (χ2n) is 4.35. The molecule has 2 aromatic rings. The van der Waals surface area contributed by atoms with Gasteiger partial charge >= 0.3 is 0 Å². The number of aromatic nitrogens is 1. The number of hydrogen-bond acceptors (Lipinski definition) is 4. The van der Waals surface area contributed by atoms with Crippen molar-refractivity contribution in [3.05, 3.63) is 51.3 Å². The van der Waals surface area contributed by atoms with E-state index < -0.39 is 10.0 Å². The van der Waals surface area contributed by atoms with Gasteiger partial charge in [0, 0.05) is 30.2 Å². The second kappa shape index (κ2) is 5.90. The summed E-state index contributed by atoms with van der Waals surface area (Å²) >= 11 is 1.25. The molecule has 2 heterocycles. The number of hydrogen-bond donors (Lipinski definition) is 1. The van der Waals surface area contributed by atoms with Gasteiger partial charge in [-0.25, -0.2) is 13.1 Å². The average Bonchev–Trinajstić information content (AvgIpc) is 2.90. The van der Waals surface area contributed by atoms with Crippen LogP contribution in [-0.2, 0) is 30.0 Å². The first kappa shape index (κ1) is 15.0. The minimum absolute atomic E-state index is 0.00476. The molecule has 0 fully saturated rings. The highest BCUT2D eigenvalue weighted by Crippen LogP contribution is 2.21. The molecule has 0 atom stereocenters. The summed E-state index contributed by atoms with van der Waals surface area (Å²) in [6.45, 7) is 1.97. The molecule has 0 aromatic carbocycles. The lowest BCUT2D eigenvalue weighted by atomic mass is 10.3. The molecule has 0 aliphatic rings. The van der Waals surface area contributed by atoms with E-state index in [1.54, 1.807) is 37.5 Å². The highest BCUT2D eigenvalue weighted by Gasteiger charge is 2.16. The first-order valence-electron chi connectivity index (χ1n) is 6.17. The Kier molecular flexibility index (Phi) is 4.42. The van der Waals surface area contributed by atoms with Crippen LogP contribution in [0.25, 0.3) is 0 Å². The van der Waals surface area contributed by atoms with E-state index in [0.717, 1.165) is 11.3 Å². The molecule has 5 nitrogen and oxygen atoms in total. The van der Waals surface area contributed by atoms with Crippen molar-refractivity contribution in [1.82, 2.24) is 9.29 Å². The van der Waals surface area contributed by atoms with E-state index in [0.29, 0.717) is 5.56 Å². The lowest BCUT2D eigenvalue weighted by Gasteiger charge is -2.05. The maximum absolute atomic E-state index is 12.1. The van der Waals surface area contributed by atoms with Crippen LogP contribution in [-0.4, -0.2) is 13.0 Å². The fourth-order valence-electron chi connectivity index (χ4n) is 1.72. The van der Waals surface area contributed by atoms with Gasteiger partial charge in [-0.1, -0.05) is 13.0 Å². The zero-order chi connectivity index (χ0) is 14.8. The van der Waals surface area contributed by atoms with Crippen LogP contribution in [0.2, 0.25) is 0 Å². The minimum atomic E-state index is -3.56. The third-order valence-electron chi connectivity index (χ3n) is 2.91. The van der Waals surface area contributed by atoms with E-state index >= 15 is 0 Å². The quantitative estimate of drug-likeness (QED) is 0.909. The number of nitrogens with one attached hydrogen (secondary N) is 1. The van der Waals surface area contributed by atoms with Crippen LogP contribution in [0.15, 0.2) is 39.5 Å². The summed E-state index contributed by atoms with van der Waals surface area (Å²) < 4.78 is 28.4. The number of aryl methyl sites for hydroxylation is 2. The fraction of sp³-hybridized carbons (Fsp3) is 0.308. The van der Waals surface area contributed by atoms with Crippen LogP contribution in [0.1, 0.15) is 17.4 Å². The summed E-state index contributed by atoms with van der Waals surface area (Å²) in [7, 11) is -1.92. The molecule has 0 radical (unpaired) electrons. The molecule has 108 valence electrons. The van der Waals surface area contributed by atoms with Crippen molar-refractivity contribution < 1.29 is 8.42 Å². The molecule has 0 spiro atoms. The van der Waals surface area contributed by atoms with Crippen molar-refractivity contribution in [2.45, 2.75) is 24.1 Å². The standard InChI is InChI=1S/C13H16N2O3S2/c1-3-11-6-7-12(19-11)20(17,18)14-9-10-5-4-8-15(2)13(10)16/h4-8,14H,3,9H2,1-2H3. The van der Waals surface area contributed by atoms with E-state index in [2.05, 4.69) is 4.72 Å². The Morgan fingerprint density at radius 3 is 2.70 bits per heavy atom. The van der Waals surface area contributed by atoms with Gasteiger partial charge in [-0.3, -0.25) is 4.79 Å². The molecule has 2 rings (SSSR count). The molecule has 20 heavy (non-hydrogen) atoms. The van der Waals surface area contributed by atoms with Crippen LogP contribution < -0.4 is 10.3 Å². The zero-order valence-electron chi connectivity index (χ0n) is 11.3. The predicted octanol–water partition coefficient (Wildman–Crippen LogP) is 1.49. The monoisotopic (exact) mass is 312 g/mol. The first-order valence-corrected chi connectivity index (χ1v) is 8.47. The second-order valence-corrected chi connectivity index (χ2v) is 7.51. The van der Waals surface area contributed by atoms with Gasteiger partial charge < -0.3 is 4.57 Å². The summed E-state index contributed by atoms with van der Waals surface area (Å²) in [5.41, 5.74) is 0.224. The summed E-state index contributed by atoms with van der Waals surface area (Å²) in [4.78, 5) is 12.8. The molecule has 0 unspecified atom stereocenters. The van der Waals surface area contributed by atoms with Crippen LogP contribution in [0.3, 0.4) is 0 Å². The predicted molar refractivity (Wildman–Crippen MR) is 79.4 cm³/mol. The van der Waals surface area contributed by atoms with Crippen LogP contribution >= 0.6 is 11.3 Å². The number of pyridine rings is 1. The van der Waals surface area contributed by atoms with Gasteiger partial charge in [0.15, 0.2) is 0 Å². The molecule has 0 aliphatic carbocycles. The van der Waals surface area contributed by atoms with Crippen LogP contribution in [0.5, 0.6) is 0 Å². The smallest absolute Gasteiger partial charge is 0.254 e. The fourth-order valence-corrected chi connectivity index (χ4v) is 4.07. The molecule has 0 saturated heterocycles. The van der Waals surface area contributed by atoms with E-state index in [1.807, 2.05) is 6.92 Å². The zero-order valence-corrected chi connectivity index (χ0v) is 12.9. The Balaban J connectivity index is 2.17. The molecule has 0 amide bonds. The Hall–Kier alpha value is -1.44. The van der Waals surface area contributed by atoms with Crippen molar-refractivity contribution in [2.75, 3.05) is 0 Å². The average molecular weight is 312 g/mol. The maximum atomic E-state index is 12.1. The van der Waals surface area contributed by atoms with Gasteiger partial charge in [0.2, 0.25) is 10.0 Å². The normalized spacial score (nSPS) is 11.7. The Morgan fingerprint density at radius 2 is 2.05 bits per heavy atom. The summed E-state index contributed by atoms with van der Waals surface area (Å²) in [6.07, 6.45) is 2.44. The van der Waals surface area contributed by atoms with Crippen molar-refractivity contribution in [3.8, 4) is 0 Å². The third kappa shape index (κ3) is 3.17. The van der Waals surface area contributed by atoms with E-state index in [4.69, 9.17) is 0 Å². The molecule has 0 aliphatic heterocycles. The van der Waals surface area contributed by atoms with Gasteiger partial charge in [-0.05, 0) is 24.6 Å². The van der Waals surface area contributed by atoms with Crippen molar-refractivity contribution in [3.63, 3.8) is 0 Å². The maximum Gasteiger partial charge on any atom is 0.254 e. The highest BCUT2D eigenvalue weighted by atomic mass is 32.2. The molecular weight excluding hydrogens is 296 g/mol. The third-order valence-corrected chi connectivity index (χ3v) is 6.03. The van der Waals surface area contributed by atoms with Gasteiger partial charge in [-0.15, -0.1) is 11.3 Å². The lowest BCUT2D eigenvalue weighted by Crippen LogP contribution is -2.28. The Morgan fingerprint density at radius 1 is 1.30 bits per heavy atom. The van der Waals surface area contributed by atoms with E-state index in [-0.39, 0.29) is 16.3 Å². The van der Waals surface area contributed by atoms with Crippen molar-refractivity contribution in [1.29, 1.82) is 0 Å².